The summed E-state index contributed by atoms with van der Waals surface area (Å²) in [6, 6.07) is 17.6. The van der Waals surface area contributed by atoms with Crippen LogP contribution in [0, 0.1) is 0 Å². The van der Waals surface area contributed by atoms with Crippen LogP contribution in [-0.4, -0.2) is 13.4 Å². The van der Waals surface area contributed by atoms with Crippen molar-refractivity contribution in [3.8, 4) is 0 Å². The monoisotopic (exact) mass is 269 g/mol. The molecular formula is C15H11NO2S. The van der Waals surface area contributed by atoms with Gasteiger partial charge in [0.25, 0.3) is 0 Å². The summed E-state index contributed by atoms with van der Waals surface area (Å²) >= 11 is 0. The first-order valence-electron chi connectivity index (χ1n) is 5.83. The molecule has 0 radical (unpaired) electrons. The lowest BCUT2D eigenvalue weighted by atomic mass is 10.1. The van der Waals surface area contributed by atoms with Gasteiger partial charge in [0.1, 0.15) is 0 Å². The smallest absolute Gasteiger partial charge is 0.223 e. The molecule has 0 atom stereocenters. The van der Waals surface area contributed by atoms with E-state index in [2.05, 4.69) is 4.98 Å². The van der Waals surface area contributed by atoms with E-state index in [-0.39, 0.29) is 9.92 Å². The maximum atomic E-state index is 12.4. The number of fused-ring (bicyclic) bond motifs is 1. The second-order valence-electron chi connectivity index (χ2n) is 4.18. The number of hydrogen-bond donors (Lipinski definition) is 0. The zero-order valence-electron chi connectivity index (χ0n) is 10.0. The van der Waals surface area contributed by atoms with Crippen LogP contribution >= 0.6 is 0 Å². The zero-order chi connectivity index (χ0) is 13.3. The van der Waals surface area contributed by atoms with Gasteiger partial charge in [-0.2, -0.15) is 0 Å². The van der Waals surface area contributed by atoms with Gasteiger partial charge in [-0.05, 0) is 35.0 Å². The second-order valence-corrected chi connectivity index (χ2v) is 6.08. The molecule has 0 aliphatic rings. The zero-order valence-corrected chi connectivity index (χ0v) is 10.8. The van der Waals surface area contributed by atoms with Crippen LogP contribution in [0.4, 0.5) is 0 Å². The van der Waals surface area contributed by atoms with Crippen LogP contribution in [0.15, 0.2) is 76.8 Å². The van der Waals surface area contributed by atoms with Crippen molar-refractivity contribution >= 4 is 20.6 Å². The lowest BCUT2D eigenvalue weighted by molar-refractivity contribution is 0.592. The molecule has 2 aromatic carbocycles. The lowest BCUT2D eigenvalue weighted by Crippen LogP contribution is -2.03. The Balaban J connectivity index is 2.19. The van der Waals surface area contributed by atoms with Crippen LogP contribution in [0.3, 0.4) is 0 Å². The predicted octanol–water partition coefficient (Wildman–Crippen LogP) is 3.07. The number of sulfone groups is 1. The third-order valence-electron chi connectivity index (χ3n) is 2.94. The van der Waals surface area contributed by atoms with Gasteiger partial charge in [0.15, 0.2) is 5.03 Å². The molecule has 3 rings (SSSR count). The Bertz CT molecular complexity index is 827. The number of nitrogens with zero attached hydrogens (tertiary/aromatic N) is 1. The van der Waals surface area contributed by atoms with Gasteiger partial charge in [0.05, 0.1) is 4.90 Å². The van der Waals surface area contributed by atoms with Crippen molar-refractivity contribution in [1.82, 2.24) is 4.98 Å². The van der Waals surface area contributed by atoms with E-state index < -0.39 is 9.84 Å². The fourth-order valence-electron chi connectivity index (χ4n) is 1.96. The number of rotatable bonds is 2. The van der Waals surface area contributed by atoms with E-state index in [9.17, 15) is 8.42 Å². The predicted molar refractivity (Wildman–Crippen MR) is 73.6 cm³/mol. The maximum absolute atomic E-state index is 12.4. The highest BCUT2D eigenvalue weighted by molar-refractivity contribution is 7.91. The molecule has 0 saturated heterocycles. The summed E-state index contributed by atoms with van der Waals surface area (Å²) in [5.41, 5.74) is 0. The normalized spacial score (nSPS) is 11.6. The molecule has 1 heterocycles. The van der Waals surface area contributed by atoms with Gasteiger partial charge in [-0.3, -0.25) is 0 Å². The summed E-state index contributed by atoms with van der Waals surface area (Å²) in [7, 11) is -3.54. The van der Waals surface area contributed by atoms with E-state index in [1.807, 2.05) is 30.3 Å². The highest BCUT2D eigenvalue weighted by atomic mass is 32.2. The number of pyridine rings is 1. The van der Waals surface area contributed by atoms with Gasteiger partial charge < -0.3 is 0 Å². The van der Waals surface area contributed by atoms with Crippen LogP contribution in [0.25, 0.3) is 10.8 Å². The van der Waals surface area contributed by atoms with Crippen molar-refractivity contribution in [2.75, 3.05) is 0 Å². The van der Waals surface area contributed by atoms with Gasteiger partial charge in [-0.15, -0.1) is 0 Å². The van der Waals surface area contributed by atoms with E-state index in [0.717, 1.165) is 10.8 Å². The Kier molecular flexibility index (Phi) is 2.80. The van der Waals surface area contributed by atoms with Crippen molar-refractivity contribution in [2.45, 2.75) is 9.92 Å². The molecule has 0 spiro atoms. The first-order valence-corrected chi connectivity index (χ1v) is 7.31. The number of aromatic nitrogens is 1. The molecule has 19 heavy (non-hydrogen) atoms. The summed E-state index contributed by atoms with van der Waals surface area (Å²) in [4.78, 5) is 4.19. The molecule has 1 aromatic heterocycles. The van der Waals surface area contributed by atoms with Gasteiger partial charge in [-0.25, -0.2) is 13.4 Å². The Hall–Kier alpha value is -2.20. The van der Waals surface area contributed by atoms with Crippen LogP contribution in [0.5, 0.6) is 0 Å². The summed E-state index contributed by atoms with van der Waals surface area (Å²) in [5, 5.41) is 1.99. The van der Waals surface area contributed by atoms with Crippen molar-refractivity contribution in [3.05, 3.63) is 66.9 Å². The summed E-state index contributed by atoms with van der Waals surface area (Å²) in [6.07, 6.45) is 1.48. The van der Waals surface area contributed by atoms with Crippen molar-refractivity contribution in [1.29, 1.82) is 0 Å². The van der Waals surface area contributed by atoms with Gasteiger partial charge in [-0.1, -0.05) is 36.4 Å². The molecule has 0 saturated carbocycles. The number of benzene rings is 2. The summed E-state index contributed by atoms with van der Waals surface area (Å²) in [6.45, 7) is 0. The SMILES string of the molecule is O=S(=O)(c1ccc2ccccc2c1)c1ccccn1. The van der Waals surface area contributed by atoms with E-state index in [1.165, 1.54) is 12.3 Å². The minimum absolute atomic E-state index is 0.0743. The molecule has 0 fully saturated rings. The first-order chi connectivity index (χ1) is 9.18. The Morgan fingerprint density at radius 2 is 1.53 bits per heavy atom. The molecular weight excluding hydrogens is 258 g/mol. The summed E-state index contributed by atoms with van der Waals surface area (Å²) in [5.74, 6) is 0. The molecule has 0 N–H and O–H groups in total. The van der Waals surface area contributed by atoms with Crippen LogP contribution in [-0.2, 0) is 9.84 Å². The third-order valence-corrected chi connectivity index (χ3v) is 4.61. The van der Waals surface area contributed by atoms with E-state index in [1.54, 1.807) is 24.3 Å². The Morgan fingerprint density at radius 1 is 0.789 bits per heavy atom. The third kappa shape index (κ3) is 2.11. The van der Waals surface area contributed by atoms with Gasteiger partial charge in [0.2, 0.25) is 9.84 Å². The minimum Gasteiger partial charge on any atom is -0.244 e. The highest BCUT2D eigenvalue weighted by Gasteiger charge is 2.18. The minimum atomic E-state index is -3.54. The van der Waals surface area contributed by atoms with Crippen LogP contribution < -0.4 is 0 Å². The summed E-state index contributed by atoms with van der Waals surface area (Å²) < 4.78 is 24.8. The second kappa shape index (κ2) is 4.48. The average molecular weight is 269 g/mol. The van der Waals surface area contributed by atoms with E-state index in [0.29, 0.717) is 0 Å². The topological polar surface area (TPSA) is 47.0 Å². The highest BCUT2D eigenvalue weighted by Crippen LogP contribution is 2.23. The molecule has 3 aromatic rings. The molecule has 94 valence electrons. The fraction of sp³-hybridized carbons (Fsp3) is 0. The van der Waals surface area contributed by atoms with Crippen LogP contribution in [0.2, 0.25) is 0 Å². The molecule has 0 aliphatic heterocycles. The standard InChI is InChI=1S/C15H11NO2S/c17-19(18,15-7-3-4-10-16-15)14-9-8-12-5-1-2-6-13(12)11-14/h1-11H. The first kappa shape index (κ1) is 11.9. The molecule has 0 bridgehead atoms. The van der Waals surface area contributed by atoms with E-state index in [4.69, 9.17) is 0 Å². The van der Waals surface area contributed by atoms with Crippen molar-refractivity contribution in [2.24, 2.45) is 0 Å². The molecule has 0 amide bonds. The van der Waals surface area contributed by atoms with Crippen molar-refractivity contribution < 1.29 is 8.42 Å². The molecule has 0 unspecified atom stereocenters. The fourth-order valence-corrected chi connectivity index (χ4v) is 3.19. The Labute approximate surface area is 111 Å². The molecule has 0 aliphatic carbocycles. The average Bonchev–Trinajstić information content (AvgIpc) is 2.47. The van der Waals surface area contributed by atoms with Gasteiger partial charge >= 0.3 is 0 Å². The molecule has 4 heteroatoms. The quantitative estimate of drug-likeness (QED) is 0.718. The van der Waals surface area contributed by atoms with Crippen LogP contribution in [0.1, 0.15) is 0 Å². The largest absolute Gasteiger partial charge is 0.244 e. The number of hydrogen-bond acceptors (Lipinski definition) is 3. The maximum Gasteiger partial charge on any atom is 0.223 e. The van der Waals surface area contributed by atoms with Crippen molar-refractivity contribution in [3.63, 3.8) is 0 Å². The lowest BCUT2D eigenvalue weighted by Gasteiger charge is -2.05. The molecule has 3 nitrogen and oxygen atoms in total. The van der Waals surface area contributed by atoms with E-state index >= 15 is 0 Å². The van der Waals surface area contributed by atoms with Gasteiger partial charge in [0, 0.05) is 6.20 Å². The Morgan fingerprint density at radius 3 is 2.26 bits per heavy atom.